The maximum absolute atomic E-state index is 10.1. The zero-order chi connectivity index (χ0) is 10.0. The molecule has 0 spiro atoms. The molecule has 14 heavy (non-hydrogen) atoms. The molecule has 1 aliphatic carbocycles. The lowest BCUT2D eigenvalue weighted by molar-refractivity contribution is -0.292. The Morgan fingerprint density at radius 1 is 1.14 bits per heavy atom. The smallest absolute Gasteiger partial charge is 0.228 e. The first-order valence-corrected chi connectivity index (χ1v) is 6.64. The summed E-state index contributed by atoms with van der Waals surface area (Å²) in [6.07, 6.45) is 5.48. The van der Waals surface area contributed by atoms with E-state index in [1.807, 2.05) is 4.90 Å². The molecule has 0 aromatic heterocycles. The molecule has 0 atom stereocenters. The van der Waals surface area contributed by atoms with Gasteiger partial charge in [-0.05, 0) is 12.8 Å². The Kier molecular flexibility index (Phi) is 3.37. The SMILES string of the molecule is OC(O)(C1CCCCC1)N1CCSC1. The van der Waals surface area contributed by atoms with E-state index in [4.69, 9.17) is 0 Å². The third kappa shape index (κ3) is 2.08. The summed E-state index contributed by atoms with van der Waals surface area (Å²) in [5.74, 6) is 0.318. The summed E-state index contributed by atoms with van der Waals surface area (Å²) in [5.41, 5.74) is 0. The maximum Gasteiger partial charge on any atom is 0.228 e. The zero-order valence-corrected chi connectivity index (χ0v) is 9.30. The van der Waals surface area contributed by atoms with Gasteiger partial charge in [-0.1, -0.05) is 19.3 Å². The molecule has 4 heteroatoms. The van der Waals surface area contributed by atoms with Gasteiger partial charge in [-0.15, -0.1) is 11.8 Å². The molecule has 0 aromatic carbocycles. The monoisotopic (exact) mass is 217 g/mol. The van der Waals surface area contributed by atoms with Crippen LogP contribution in [0.2, 0.25) is 0 Å². The van der Waals surface area contributed by atoms with E-state index in [-0.39, 0.29) is 5.92 Å². The van der Waals surface area contributed by atoms with Crippen molar-refractivity contribution in [1.82, 2.24) is 4.90 Å². The molecule has 2 rings (SSSR count). The van der Waals surface area contributed by atoms with Crippen LogP contribution in [0.5, 0.6) is 0 Å². The molecule has 0 aromatic rings. The van der Waals surface area contributed by atoms with E-state index in [0.717, 1.165) is 43.9 Å². The van der Waals surface area contributed by atoms with E-state index >= 15 is 0 Å². The number of hydrogen-bond acceptors (Lipinski definition) is 4. The Morgan fingerprint density at radius 2 is 1.86 bits per heavy atom. The zero-order valence-electron chi connectivity index (χ0n) is 8.48. The van der Waals surface area contributed by atoms with Gasteiger partial charge in [0.2, 0.25) is 5.91 Å². The minimum atomic E-state index is -1.54. The normalized spacial score (nSPS) is 27.0. The molecular formula is C10H19NO2S. The van der Waals surface area contributed by atoms with Gasteiger partial charge < -0.3 is 10.2 Å². The fourth-order valence-electron chi connectivity index (χ4n) is 2.42. The second-order valence-corrected chi connectivity index (χ2v) is 5.40. The summed E-state index contributed by atoms with van der Waals surface area (Å²) in [6.45, 7) is 0.814. The standard InChI is InChI=1S/C10H19NO2S/c12-10(13,11-6-7-14-8-11)9-4-2-1-3-5-9/h9,12-13H,1-8H2. The van der Waals surface area contributed by atoms with Crippen LogP contribution >= 0.6 is 11.8 Å². The molecule has 2 N–H and O–H groups in total. The number of hydrogen-bond donors (Lipinski definition) is 2. The first-order valence-electron chi connectivity index (χ1n) is 5.49. The second-order valence-electron chi connectivity index (χ2n) is 4.32. The lowest BCUT2D eigenvalue weighted by Crippen LogP contribution is -2.53. The van der Waals surface area contributed by atoms with Crippen molar-refractivity contribution in [2.75, 3.05) is 18.2 Å². The van der Waals surface area contributed by atoms with Gasteiger partial charge in [0.1, 0.15) is 0 Å². The predicted octanol–water partition coefficient (Wildman–Crippen LogP) is 1.21. The van der Waals surface area contributed by atoms with E-state index < -0.39 is 5.91 Å². The minimum Gasteiger partial charge on any atom is -0.353 e. The van der Waals surface area contributed by atoms with Gasteiger partial charge in [0.05, 0.1) is 0 Å². The summed E-state index contributed by atoms with van der Waals surface area (Å²) in [7, 11) is 0. The van der Waals surface area contributed by atoms with Crippen LogP contribution in [0.15, 0.2) is 0 Å². The van der Waals surface area contributed by atoms with Crippen molar-refractivity contribution in [3.05, 3.63) is 0 Å². The van der Waals surface area contributed by atoms with Crippen LogP contribution in [0.3, 0.4) is 0 Å². The highest BCUT2D eigenvalue weighted by Crippen LogP contribution is 2.35. The van der Waals surface area contributed by atoms with Gasteiger partial charge in [0.25, 0.3) is 0 Å². The van der Waals surface area contributed by atoms with Gasteiger partial charge in [-0.25, -0.2) is 4.90 Å². The fourth-order valence-corrected chi connectivity index (χ4v) is 3.44. The first-order chi connectivity index (χ1) is 6.71. The second kappa shape index (κ2) is 4.39. The van der Waals surface area contributed by atoms with Crippen LogP contribution in [0, 0.1) is 5.92 Å². The lowest BCUT2D eigenvalue weighted by Gasteiger charge is -2.39. The highest BCUT2D eigenvalue weighted by molar-refractivity contribution is 7.99. The average molecular weight is 217 g/mol. The molecule has 0 unspecified atom stereocenters. The van der Waals surface area contributed by atoms with Gasteiger partial charge in [0.15, 0.2) is 0 Å². The van der Waals surface area contributed by atoms with Gasteiger partial charge in [0, 0.05) is 24.1 Å². The summed E-state index contributed by atoms with van der Waals surface area (Å²) in [6, 6.07) is 0. The van der Waals surface area contributed by atoms with Crippen molar-refractivity contribution in [2.24, 2.45) is 5.92 Å². The Labute approximate surface area is 89.5 Å². The largest absolute Gasteiger partial charge is 0.353 e. The van der Waals surface area contributed by atoms with Crippen molar-refractivity contribution in [3.8, 4) is 0 Å². The Balaban J connectivity index is 1.97. The molecule has 82 valence electrons. The molecule has 1 saturated carbocycles. The van der Waals surface area contributed by atoms with Crippen LogP contribution in [0.4, 0.5) is 0 Å². The minimum absolute atomic E-state index is 0.0648. The molecular weight excluding hydrogens is 198 g/mol. The highest BCUT2D eigenvalue weighted by Gasteiger charge is 2.41. The molecule has 2 fully saturated rings. The van der Waals surface area contributed by atoms with Crippen LogP contribution in [0.1, 0.15) is 32.1 Å². The predicted molar refractivity (Wildman–Crippen MR) is 57.8 cm³/mol. The van der Waals surface area contributed by atoms with Crippen molar-refractivity contribution < 1.29 is 10.2 Å². The molecule has 1 saturated heterocycles. The average Bonchev–Trinajstić information content (AvgIpc) is 2.72. The first kappa shape index (κ1) is 10.7. The molecule has 3 nitrogen and oxygen atoms in total. The number of aliphatic hydroxyl groups is 2. The third-order valence-corrected chi connectivity index (χ3v) is 4.34. The lowest BCUT2D eigenvalue weighted by atomic mass is 9.86. The molecule has 0 amide bonds. The van der Waals surface area contributed by atoms with Crippen molar-refractivity contribution in [2.45, 2.75) is 38.0 Å². The van der Waals surface area contributed by atoms with Crippen LogP contribution in [-0.4, -0.2) is 39.2 Å². The summed E-state index contributed by atoms with van der Waals surface area (Å²) < 4.78 is 0. The van der Waals surface area contributed by atoms with E-state index in [0.29, 0.717) is 0 Å². The molecule has 1 aliphatic heterocycles. The number of nitrogens with zero attached hydrogens (tertiary/aromatic N) is 1. The molecule has 0 radical (unpaired) electrons. The van der Waals surface area contributed by atoms with Crippen LogP contribution in [-0.2, 0) is 0 Å². The van der Waals surface area contributed by atoms with Gasteiger partial charge in [-0.3, -0.25) is 0 Å². The van der Waals surface area contributed by atoms with Crippen LogP contribution in [0.25, 0.3) is 0 Å². The van der Waals surface area contributed by atoms with Crippen molar-refractivity contribution in [1.29, 1.82) is 0 Å². The highest BCUT2D eigenvalue weighted by atomic mass is 32.2. The van der Waals surface area contributed by atoms with E-state index in [1.165, 1.54) is 6.42 Å². The number of rotatable bonds is 2. The Bertz CT molecular complexity index is 187. The third-order valence-electron chi connectivity index (χ3n) is 3.37. The van der Waals surface area contributed by atoms with Crippen molar-refractivity contribution >= 4 is 11.8 Å². The molecule has 1 heterocycles. The van der Waals surface area contributed by atoms with E-state index in [2.05, 4.69) is 0 Å². The molecule has 0 bridgehead atoms. The van der Waals surface area contributed by atoms with Gasteiger partial charge in [-0.2, -0.15) is 0 Å². The van der Waals surface area contributed by atoms with E-state index in [1.54, 1.807) is 11.8 Å². The summed E-state index contributed by atoms with van der Waals surface area (Å²) in [5, 5.41) is 20.2. The summed E-state index contributed by atoms with van der Waals surface area (Å²) in [4.78, 5) is 1.81. The quantitative estimate of drug-likeness (QED) is 0.682. The Morgan fingerprint density at radius 3 is 2.43 bits per heavy atom. The number of thioether (sulfide) groups is 1. The molecule has 2 aliphatic rings. The maximum atomic E-state index is 10.1. The fraction of sp³-hybridized carbons (Fsp3) is 1.00. The summed E-state index contributed by atoms with van der Waals surface area (Å²) >= 11 is 1.78. The Hall–Kier alpha value is 0.230. The van der Waals surface area contributed by atoms with Crippen LogP contribution < -0.4 is 0 Å². The van der Waals surface area contributed by atoms with Gasteiger partial charge >= 0.3 is 0 Å². The van der Waals surface area contributed by atoms with E-state index in [9.17, 15) is 10.2 Å². The van der Waals surface area contributed by atoms with Crippen molar-refractivity contribution in [3.63, 3.8) is 0 Å². The topological polar surface area (TPSA) is 43.7 Å².